The zero-order valence-electron chi connectivity index (χ0n) is 15.3. The second-order valence-electron chi connectivity index (χ2n) is 7.49. The Morgan fingerprint density at radius 1 is 1.35 bits per heavy atom. The van der Waals surface area contributed by atoms with E-state index in [0.717, 1.165) is 54.0 Å². The Hall–Kier alpha value is -2.37. The summed E-state index contributed by atoms with van der Waals surface area (Å²) in [5, 5.41) is 6.92. The number of anilines is 1. The highest BCUT2D eigenvalue weighted by Gasteiger charge is 2.47. The zero-order valence-corrected chi connectivity index (χ0v) is 15.3. The summed E-state index contributed by atoms with van der Waals surface area (Å²) in [6, 6.07) is 4.90. The number of fused-ring (bicyclic) bond motifs is 2. The van der Waals surface area contributed by atoms with E-state index in [4.69, 9.17) is 4.52 Å². The molecule has 1 aromatic heterocycles. The number of nitrogens with one attached hydrogen (secondary N) is 1. The van der Waals surface area contributed by atoms with Gasteiger partial charge in [-0.05, 0) is 45.2 Å². The van der Waals surface area contributed by atoms with Gasteiger partial charge in [-0.15, -0.1) is 0 Å². The summed E-state index contributed by atoms with van der Waals surface area (Å²) in [6.07, 6.45) is 4.75. The van der Waals surface area contributed by atoms with Crippen molar-refractivity contribution in [2.24, 2.45) is 0 Å². The molecule has 0 atom stereocenters. The van der Waals surface area contributed by atoms with Gasteiger partial charge in [-0.25, -0.2) is 9.18 Å². The molecule has 0 radical (unpaired) electrons. The Labute approximate surface area is 152 Å². The summed E-state index contributed by atoms with van der Waals surface area (Å²) in [4.78, 5) is 14.5. The smallest absolute Gasteiger partial charge is 0.321 e. The monoisotopic (exact) mass is 357 g/mol. The third-order valence-electron chi connectivity index (χ3n) is 5.91. The van der Waals surface area contributed by atoms with Crippen molar-refractivity contribution in [3.05, 3.63) is 46.6 Å². The molecule has 2 amide bonds. The molecule has 1 aliphatic heterocycles. The van der Waals surface area contributed by atoms with Crippen molar-refractivity contribution in [3.8, 4) is 0 Å². The first kappa shape index (κ1) is 17.1. The number of carbonyl (C=O) groups excluding carboxylic acids is 1. The fourth-order valence-electron chi connectivity index (χ4n) is 4.62. The number of nitrogens with zero attached hydrogens (tertiary/aromatic N) is 2. The van der Waals surface area contributed by atoms with E-state index in [1.807, 2.05) is 19.9 Å². The standard InChI is InChI=1S/C20H24FN3O2/c1-13-15(14(2)26-23-13)8-11-22-19(25)24-12-20(9-3-4-10-20)18-16(21)6-5-7-17(18)24/h5-7H,3-4,8-12H2,1-2H3,(H,22,25). The van der Waals surface area contributed by atoms with E-state index in [9.17, 15) is 9.18 Å². The van der Waals surface area contributed by atoms with Gasteiger partial charge in [0.1, 0.15) is 11.6 Å². The minimum atomic E-state index is -0.209. The second kappa shape index (κ2) is 6.41. The Balaban J connectivity index is 1.50. The molecule has 2 aliphatic rings. The van der Waals surface area contributed by atoms with Gasteiger partial charge in [-0.2, -0.15) is 0 Å². The second-order valence-corrected chi connectivity index (χ2v) is 7.49. The normalized spacial score (nSPS) is 17.7. The summed E-state index contributed by atoms with van der Waals surface area (Å²) < 4.78 is 19.7. The lowest BCUT2D eigenvalue weighted by atomic mass is 9.80. The van der Waals surface area contributed by atoms with E-state index < -0.39 is 0 Å². The lowest BCUT2D eigenvalue weighted by molar-refractivity contribution is 0.245. The van der Waals surface area contributed by atoms with Crippen LogP contribution in [0.3, 0.4) is 0 Å². The molecule has 138 valence electrons. The third-order valence-corrected chi connectivity index (χ3v) is 5.91. The van der Waals surface area contributed by atoms with Gasteiger partial charge in [0.05, 0.1) is 11.4 Å². The molecule has 1 aliphatic carbocycles. The molecule has 2 heterocycles. The van der Waals surface area contributed by atoms with Crippen LogP contribution in [0.4, 0.5) is 14.9 Å². The molecule has 1 aromatic carbocycles. The SMILES string of the molecule is Cc1noc(C)c1CCNC(=O)N1CC2(CCCC2)c2c(F)cccc21. The highest BCUT2D eigenvalue weighted by atomic mass is 19.1. The summed E-state index contributed by atoms with van der Waals surface area (Å²) >= 11 is 0. The molecular weight excluding hydrogens is 333 g/mol. The third kappa shape index (κ3) is 2.68. The van der Waals surface area contributed by atoms with Gasteiger partial charge in [0.2, 0.25) is 0 Å². The van der Waals surface area contributed by atoms with Gasteiger partial charge in [0.15, 0.2) is 0 Å². The van der Waals surface area contributed by atoms with Gasteiger partial charge in [-0.1, -0.05) is 24.1 Å². The maximum Gasteiger partial charge on any atom is 0.321 e. The van der Waals surface area contributed by atoms with Crippen molar-refractivity contribution in [3.63, 3.8) is 0 Å². The van der Waals surface area contributed by atoms with Gasteiger partial charge in [0, 0.05) is 29.6 Å². The van der Waals surface area contributed by atoms with Crippen LogP contribution in [0.15, 0.2) is 22.7 Å². The van der Waals surface area contributed by atoms with E-state index in [2.05, 4.69) is 10.5 Å². The first-order valence-corrected chi connectivity index (χ1v) is 9.28. The largest absolute Gasteiger partial charge is 0.361 e. The molecule has 1 N–H and O–H groups in total. The number of aromatic nitrogens is 1. The van der Waals surface area contributed by atoms with Crippen LogP contribution in [0.1, 0.15) is 48.3 Å². The molecular formula is C20H24FN3O2. The van der Waals surface area contributed by atoms with Crippen LogP contribution in [-0.4, -0.2) is 24.3 Å². The van der Waals surface area contributed by atoms with E-state index in [0.29, 0.717) is 19.5 Å². The fraction of sp³-hybridized carbons (Fsp3) is 0.500. The number of hydrogen-bond acceptors (Lipinski definition) is 3. The summed E-state index contributed by atoms with van der Waals surface area (Å²) in [5.74, 6) is 0.602. The van der Waals surface area contributed by atoms with Gasteiger partial charge in [-0.3, -0.25) is 4.90 Å². The van der Waals surface area contributed by atoms with Crippen LogP contribution >= 0.6 is 0 Å². The number of halogens is 1. The quantitative estimate of drug-likeness (QED) is 0.903. The highest BCUT2D eigenvalue weighted by Crippen LogP contribution is 2.51. The first-order valence-electron chi connectivity index (χ1n) is 9.28. The van der Waals surface area contributed by atoms with Crippen LogP contribution in [0.25, 0.3) is 0 Å². The van der Waals surface area contributed by atoms with Crippen LogP contribution in [-0.2, 0) is 11.8 Å². The van der Waals surface area contributed by atoms with Gasteiger partial charge < -0.3 is 9.84 Å². The summed E-state index contributed by atoms with van der Waals surface area (Å²) in [7, 11) is 0. The summed E-state index contributed by atoms with van der Waals surface area (Å²) in [6.45, 7) is 4.84. The molecule has 0 bridgehead atoms. The molecule has 1 fully saturated rings. The molecule has 0 saturated heterocycles. The zero-order chi connectivity index (χ0) is 18.3. The molecule has 5 nitrogen and oxygen atoms in total. The van der Waals surface area contributed by atoms with Crippen molar-refractivity contribution >= 4 is 11.7 Å². The van der Waals surface area contributed by atoms with E-state index >= 15 is 0 Å². The average molecular weight is 357 g/mol. The van der Waals surface area contributed by atoms with Gasteiger partial charge in [0.25, 0.3) is 0 Å². The Bertz CT molecular complexity index is 820. The topological polar surface area (TPSA) is 58.4 Å². The molecule has 4 rings (SSSR count). The number of amides is 2. The molecule has 26 heavy (non-hydrogen) atoms. The maximum absolute atomic E-state index is 14.6. The average Bonchev–Trinajstić information content (AvgIpc) is 3.30. The van der Waals surface area contributed by atoms with E-state index in [-0.39, 0.29) is 17.3 Å². The van der Waals surface area contributed by atoms with Crippen molar-refractivity contribution in [2.75, 3.05) is 18.0 Å². The predicted octanol–water partition coefficient (Wildman–Crippen LogP) is 4.01. The van der Waals surface area contributed by atoms with E-state index in [1.165, 1.54) is 6.07 Å². The molecule has 6 heteroatoms. The van der Waals surface area contributed by atoms with Crippen LogP contribution < -0.4 is 10.2 Å². The number of hydrogen-bond donors (Lipinski definition) is 1. The lowest BCUT2D eigenvalue weighted by Crippen LogP contribution is -2.42. The van der Waals surface area contributed by atoms with E-state index in [1.54, 1.807) is 11.0 Å². The van der Waals surface area contributed by atoms with Crippen molar-refractivity contribution < 1.29 is 13.7 Å². The minimum Gasteiger partial charge on any atom is -0.361 e. The molecule has 1 spiro atoms. The highest BCUT2D eigenvalue weighted by molar-refractivity contribution is 5.95. The molecule has 1 saturated carbocycles. The minimum absolute atomic E-state index is 0.160. The van der Waals surface area contributed by atoms with Gasteiger partial charge >= 0.3 is 6.03 Å². The molecule has 0 unspecified atom stereocenters. The Morgan fingerprint density at radius 2 is 2.12 bits per heavy atom. The van der Waals surface area contributed by atoms with Crippen LogP contribution in [0, 0.1) is 19.7 Å². The lowest BCUT2D eigenvalue weighted by Gasteiger charge is -2.25. The number of aryl methyl sites for hydroxylation is 2. The van der Waals surface area contributed by atoms with Crippen molar-refractivity contribution in [1.82, 2.24) is 10.5 Å². The van der Waals surface area contributed by atoms with Crippen molar-refractivity contribution in [1.29, 1.82) is 0 Å². The number of carbonyl (C=O) groups is 1. The number of benzene rings is 1. The number of rotatable bonds is 3. The number of urea groups is 1. The van der Waals surface area contributed by atoms with Crippen LogP contribution in [0.2, 0.25) is 0 Å². The summed E-state index contributed by atoms with van der Waals surface area (Å²) in [5.41, 5.74) is 3.14. The van der Waals surface area contributed by atoms with Crippen LogP contribution in [0.5, 0.6) is 0 Å². The Kier molecular flexibility index (Phi) is 4.21. The first-order chi connectivity index (χ1) is 12.5. The molecule has 2 aromatic rings. The fourth-order valence-corrected chi connectivity index (χ4v) is 4.62. The maximum atomic E-state index is 14.6. The van der Waals surface area contributed by atoms with Crippen molar-refractivity contribution in [2.45, 2.75) is 51.4 Å². The predicted molar refractivity (Wildman–Crippen MR) is 97.0 cm³/mol. The Morgan fingerprint density at radius 3 is 2.81 bits per heavy atom.